The molecule has 0 saturated carbocycles. The summed E-state index contributed by atoms with van der Waals surface area (Å²) >= 11 is 0. The maximum Gasteiger partial charge on any atom is 0.264 e. The van der Waals surface area contributed by atoms with Crippen molar-refractivity contribution in [1.82, 2.24) is 15.3 Å². The van der Waals surface area contributed by atoms with Crippen molar-refractivity contribution in [2.75, 3.05) is 11.3 Å². The summed E-state index contributed by atoms with van der Waals surface area (Å²) in [6.45, 7) is 6.04. The molecule has 0 aliphatic carbocycles. The number of rotatable bonds is 2. The van der Waals surface area contributed by atoms with Gasteiger partial charge in [0, 0.05) is 17.2 Å². The van der Waals surface area contributed by atoms with Crippen LogP contribution in [0, 0.1) is 13.8 Å². The maximum absolute atomic E-state index is 13.0. The van der Waals surface area contributed by atoms with Crippen LogP contribution in [0.2, 0.25) is 0 Å². The Kier molecular flexibility index (Phi) is 5.84. The molecule has 1 aliphatic rings. The number of nitrogens with one attached hydrogen (secondary N) is 2. The summed E-state index contributed by atoms with van der Waals surface area (Å²) in [5, 5.41) is 2.89. The first-order chi connectivity index (χ1) is 15.3. The summed E-state index contributed by atoms with van der Waals surface area (Å²) in [4.78, 5) is 21.3. The molecule has 32 heavy (non-hydrogen) atoms. The Morgan fingerprint density at radius 1 is 1.06 bits per heavy atom. The fourth-order valence-electron chi connectivity index (χ4n) is 3.59. The van der Waals surface area contributed by atoms with Crippen molar-refractivity contribution in [3.05, 3.63) is 65.2 Å². The molecule has 0 radical (unpaired) electrons. The molecule has 4 bridgehead atoms. The monoisotopic (exact) mass is 452 g/mol. The maximum atomic E-state index is 13.0. The van der Waals surface area contributed by atoms with Crippen molar-refractivity contribution < 1.29 is 17.9 Å². The van der Waals surface area contributed by atoms with Crippen LogP contribution in [0.25, 0.3) is 11.3 Å². The number of aromatic nitrogens is 2. The van der Waals surface area contributed by atoms with Crippen LogP contribution in [0.5, 0.6) is 5.88 Å². The molecule has 2 heterocycles. The van der Waals surface area contributed by atoms with Gasteiger partial charge >= 0.3 is 0 Å². The Bertz CT molecular complexity index is 1270. The number of hydrogen-bond acceptors (Lipinski definition) is 6. The van der Waals surface area contributed by atoms with E-state index in [0.29, 0.717) is 12.1 Å². The molecule has 1 aliphatic heterocycles. The number of hydrogen-bond donors (Lipinski definition) is 2. The molecule has 0 unspecified atom stereocenters. The van der Waals surface area contributed by atoms with Crippen LogP contribution in [-0.2, 0) is 10.0 Å². The molecule has 2 N–H and O–H groups in total. The van der Waals surface area contributed by atoms with E-state index in [0.717, 1.165) is 16.7 Å². The fourth-order valence-corrected chi connectivity index (χ4v) is 4.58. The normalized spacial score (nSPS) is 17.6. The number of aryl methyl sites for hydroxylation is 2. The van der Waals surface area contributed by atoms with E-state index >= 15 is 0 Å². The molecule has 0 spiro atoms. The van der Waals surface area contributed by atoms with E-state index in [1.165, 1.54) is 18.2 Å². The van der Waals surface area contributed by atoms with Gasteiger partial charge in [-0.05, 0) is 49.6 Å². The molecule has 1 amide bonds. The number of benzene rings is 2. The van der Waals surface area contributed by atoms with Crippen molar-refractivity contribution in [2.45, 2.75) is 38.1 Å². The minimum atomic E-state index is -4.03. The van der Waals surface area contributed by atoms with Gasteiger partial charge in [-0.3, -0.25) is 4.79 Å². The Morgan fingerprint density at radius 2 is 1.78 bits per heavy atom. The lowest BCUT2D eigenvalue weighted by atomic mass is 10.00. The number of fused-ring (bicyclic) bond motifs is 4. The summed E-state index contributed by atoms with van der Waals surface area (Å²) in [6.07, 6.45) is 0.629. The van der Waals surface area contributed by atoms with Crippen LogP contribution in [0.15, 0.2) is 53.4 Å². The van der Waals surface area contributed by atoms with Gasteiger partial charge in [0.25, 0.3) is 15.9 Å². The van der Waals surface area contributed by atoms with E-state index in [1.54, 1.807) is 12.1 Å². The van der Waals surface area contributed by atoms with Crippen LogP contribution in [0.4, 0.5) is 5.95 Å². The van der Waals surface area contributed by atoms with E-state index in [-0.39, 0.29) is 40.8 Å². The third-order valence-electron chi connectivity index (χ3n) is 5.33. The third-order valence-corrected chi connectivity index (χ3v) is 6.66. The van der Waals surface area contributed by atoms with Crippen molar-refractivity contribution >= 4 is 21.9 Å². The number of carbonyl (C=O) groups is 1. The zero-order chi connectivity index (χ0) is 22.9. The van der Waals surface area contributed by atoms with E-state index in [1.807, 2.05) is 39.0 Å². The fraction of sp³-hybridized carbons (Fsp3) is 0.261. The van der Waals surface area contributed by atoms with Crippen molar-refractivity contribution in [2.24, 2.45) is 0 Å². The molecular formula is C23H24N4O4S. The highest BCUT2D eigenvalue weighted by Gasteiger charge is 2.22. The standard InChI is InChI=1S/C23H24N4O4S/c1-4-17-13-31-20-12-19(21-14(2)7-5-8-15(21)3)25-23(26-20)27-32(29,30)18-10-6-9-16(11-18)22(28)24-17/h5-12,17H,4,13H2,1-3H3,(H,24,28)(H,25,26,27)/t17-/m1/s1. The van der Waals surface area contributed by atoms with Gasteiger partial charge in [0.15, 0.2) is 0 Å². The number of amides is 1. The summed E-state index contributed by atoms with van der Waals surface area (Å²) in [5.74, 6) is -0.253. The second-order valence-electron chi connectivity index (χ2n) is 7.70. The summed E-state index contributed by atoms with van der Waals surface area (Å²) in [5.41, 5.74) is 3.66. The number of anilines is 1. The smallest absolute Gasteiger partial charge is 0.264 e. The van der Waals surface area contributed by atoms with Crippen LogP contribution in [0.1, 0.15) is 34.8 Å². The number of carbonyl (C=O) groups excluding carboxylic acids is 1. The van der Waals surface area contributed by atoms with E-state index in [2.05, 4.69) is 20.0 Å². The van der Waals surface area contributed by atoms with Crippen molar-refractivity contribution in [3.8, 4) is 17.1 Å². The molecule has 3 aromatic rings. The van der Waals surface area contributed by atoms with Gasteiger partial charge in [-0.15, -0.1) is 0 Å². The zero-order valence-corrected chi connectivity index (χ0v) is 18.9. The first-order valence-corrected chi connectivity index (χ1v) is 11.8. The molecule has 0 saturated heterocycles. The van der Waals surface area contributed by atoms with Gasteiger partial charge in [0.2, 0.25) is 11.8 Å². The lowest BCUT2D eigenvalue weighted by Crippen LogP contribution is -2.38. The molecule has 2 aromatic carbocycles. The largest absolute Gasteiger partial charge is 0.475 e. The Morgan fingerprint density at radius 3 is 2.50 bits per heavy atom. The minimum absolute atomic E-state index is 0.0546. The quantitative estimate of drug-likeness (QED) is 0.616. The molecule has 9 heteroatoms. The van der Waals surface area contributed by atoms with Gasteiger partial charge in [0.05, 0.1) is 16.6 Å². The van der Waals surface area contributed by atoms with Crippen LogP contribution >= 0.6 is 0 Å². The van der Waals surface area contributed by atoms with E-state index in [9.17, 15) is 13.2 Å². The second kappa shape index (κ2) is 8.58. The highest BCUT2D eigenvalue weighted by Crippen LogP contribution is 2.29. The first-order valence-electron chi connectivity index (χ1n) is 10.3. The molecule has 8 nitrogen and oxygen atoms in total. The van der Waals surface area contributed by atoms with Crippen molar-refractivity contribution in [1.29, 1.82) is 0 Å². The average molecular weight is 453 g/mol. The van der Waals surface area contributed by atoms with Crippen LogP contribution < -0.4 is 14.8 Å². The van der Waals surface area contributed by atoms with Gasteiger partial charge in [-0.2, -0.15) is 4.98 Å². The first kappa shape index (κ1) is 21.8. The predicted molar refractivity (Wildman–Crippen MR) is 121 cm³/mol. The number of nitrogens with zero attached hydrogens (tertiary/aromatic N) is 2. The van der Waals surface area contributed by atoms with Gasteiger partial charge in [-0.1, -0.05) is 31.2 Å². The average Bonchev–Trinajstić information content (AvgIpc) is 2.75. The zero-order valence-electron chi connectivity index (χ0n) is 18.0. The summed E-state index contributed by atoms with van der Waals surface area (Å²) in [6, 6.07) is 13.1. The second-order valence-corrected chi connectivity index (χ2v) is 9.39. The highest BCUT2D eigenvalue weighted by atomic mass is 32.2. The molecule has 4 rings (SSSR count). The van der Waals surface area contributed by atoms with Crippen LogP contribution in [-0.4, -0.2) is 36.9 Å². The van der Waals surface area contributed by atoms with Gasteiger partial charge in [0.1, 0.15) is 6.61 Å². The summed E-state index contributed by atoms with van der Waals surface area (Å²) < 4.78 is 34.4. The SMILES string of the molecule is CC[C@@H]1COc2cc(-c3c(C)cccc3C)nc(n2)NS(=O)(=O)c2cccc(c2)C(=O)N1. The van der Waals surface area contributed by atoms with Crippen molar-refractivity contribution in [3.63, 3.8) is 0 Å². The Hall–Kier alpha value is -3.46. The number of sulfonamides is 1. The van der Waals surface area contributed by atoms with Gasteiger partial charge in [-0.25, -0.2) is 18.1 Å². The highest BCUT2D eigenvalue weighted by molar-refractivity contribution is 7.92. The lowest BCUT2D eigenvalue weighted by molar-refractivity contribution is 0.0919. The summed E-state index contributed by atoms with van der Waals surface area (Å²) in [7, 11) is -4.03. The minimum Gasteiger partial charge on any atom is -0.475 e. The van der Waals surface area contributed by atoms with E-state index in [4.69, 9.17) is 4.74 Å². The Labute approximate surface area is 187 Å². The lowest BCUT2D eigenvalue weighted by Gasteiger charge is -2.18. The van der Waals surface area contributed by atoms with Crippen LogP contribution in [0.3, 0.4) is 0 Å². The number of ether oxygens (including phenoxy) is 1. The van der Waals surface area contributed by atoms with Gasteiger partial charge < -0.3 is 10.1 Å². The third kappa shape index (κ3) is 4.43. The topological polar surface area (TPSA) is 110 Å². The Balaban J connectivity index is 1.87. The predicted octanol–water partition coefficient (Wildman–Crippen LogP) is 3.46. The molecular weight excluding hydrogens is 428 g/mol. The van der Waals surface area contributed by atoms with E-state index < -0.39 is 10.0 Å². The molecule has 0 fully saturated rings. The molecule has 166 valence electrons. The molecule has 1 atom stereocenters. The molecule has 1 aromatic heterocycles.